The standard InChI is InChI=1S/C27H36N4O4/c1-19-6-5-7-20(2)27(19)28-25(32)17-29-10-12-30(13-11-29)18-26(33)31-9-8-21-14-23(34-3)24(35-4)15-22(21)16-31/h5-7,14-15H,8-13,16-18H2,1-4H3,(H,28,32). The van der Waals surface area contributed by atoms with Crippen LogP contribution in [0, 0.1) is 13.8 Å². The molecule has 2 heterocycles. The molecular weight excluding hydrogens is 444 g/mol. The highest BCUT2D eigenvalue weighted by molar-refractivity contribution is 5.93. The van der Waals surface area contributed by atoms with E-state index in [-0.39, 0.29) is 11.8 Å². The van der Waals surface area contributed by atoms with E-state index in [1.807, 2.05) is 49.1 Å². The molecule has 2 aromatic carbocycles. The summed E-state index contributed by atoms with van der Waals surface area (Å²) in [5.74, 6) is 1.57. The molecule has 2 aliphatic rings. The Morgan fingerprint density at radius 2 is 1.43 bits per heavy atom. The molecule has 8 nitrogen and oxygen atoms in total. The Morgan fingerprint density at radius 1 is 0.857 bits per heavy atom. The fourth-order valence-electron chi connectivity index (χ4n) is 4.89. The lowest BCUT2D eigenvalue weighted by atomic mass is 9.98. The van der Waals surface area contributed by atoms with Crippen LogP contribution in [-0.2, 0) is 22.6 Å². The largest absolute Gasteiger partial charge is 0.493 e. The highest BCUT2D eigenvalue weighted by Gasteiger charge is 2.26. The highest BCUT2D eigenvalue weighted by Crippen LogP contribution is 2.33. The van der Waals surface area contributed by atoms with E-state index in [1.54, 1.807) is 14.2 Å². The number of anilines is 1. The number of amides is 2. The molecule has 1 saturated heterocycles. The number of hydrogen-bond acceptors (Lipinski definition) is 6. The van der Waals surface area contributed by atoms with Gasteiger partial charge in [0.25, 0.3) is 0 Å². The summed E-state index contributed by atoms with van der Waals surface area (Å²) >= 11 is 0. The van der Waals surface area contributed by atoms with Crippen LogP contribution in [0.4, 0.5) is 5.69 Å². The van der Waals surface area contributed by atoms with Crippen molar-refractivity contribution in [1.29, 1.82) is 0 Å². The molecule has 1 N–H and O–H groups in total. The lowest BCUT2D eigenvalue weighted by Gasteiger charge is -2.36. The summed E-state index contributed by atoms with van der Waals surface area (Å²) in [5.41, 5.74) is 5.36. The van der Waals surface area contributed by atoms with Crippen molar-refractivity contribution >= 4 is 17.5 Å². The van der Waals surface area contributed by atoms with Gasteiger partial charge in [-0.15, -0.1) is 0 Å². The Bertz CT molecular complexity index is 1060. The average molecular weight is 481 g/mol. The number of ether oxygens (including phenoxy) is 2. The second-order valence-corrected chi connectivity index (χ2v) is 9.41. The van der Waals surface area contributed by atoms with Crippen molar-refractivity contribution in [3.05, 3.63) is 52.6 Å². The molecule has 2 aromatic rings. The molecule has 0 atom stereocenters. The Balaban J connectivity index is 1.25. The average Bonchev–Trinajstić information content (AvgIpc) is 2.86. The van der Waals surface area contributed by atoms with E-state index in [2.05, 4.69) is 15.1 Å². The summed E-state index contributed by atoms with van der Waals surface area (Å²) in [7, 11) is 3.27. The van der Waals surface area contributed by atoms with Gasteiger partial charge in [0, 0.05) is 45.0 Å². The number of piperazine rings is 1. The number of hydrogen-bond donors (Lipinski definition) is 1. The Labute approximate surface area is 207 Å². The molecule has 35 heavy (non-hydrogen) atoms. The topological polar surface area (TPSA) is 74.4 Å². The zero-order valence-corrected chi connectivity index (χ0v) is 21.2. The fraction of sp³-hybridized carbons (Fsp3) is 0.481. The van der Waals surface area contributed by atoms with Crippen molar-refractivity contribution in [2.75, 3.05) is 65.3 Å². The minimum Gasteiger partial charge on any atom is -0.493 e. The fourth-order valence-corrected chi connectivity index (χ4v) is 4.89. The Hall–Kier alpha value is -3.10. The highest BCUT2D eigenvalue weighted by atomic mass is 16.5. The molecule has 1 fully saturated rings. The maximum Gasteiger partial charge on any atom is 0.238 e. The first kappa shape index (κ1) is 25.0. The zero-order valence-electron chi connectivity index (χ0n) is 21.2. The van der Waals surface area contributed by atoms with E-state index < -0.39 is 0 Å². The molecule has 188 valence electrons. The Kier molecular flexibility index (Phi) is 7.93. The van der Waals surface area contributed by atoms with Gasteiger partial charge in [-0.2, -0.15) is 0 Å². The summed E-state index contributed by atoms with van der Waals surface area (Å²) in [5, 5.41) is 3.06. The van der Waals surface area contributed by atoms with Crippen LogP contribution < -0.4 is 14.8 Å². The number of fused-ring (bicyclic) bond motifs is 1. The normalized spacial score (nSPS) is 16.5. The van der Waals surface area contributed by atoms with Crippen molar-refractivity contribution in [3.8, 4) is 11.5 Å². The molecule has 0 aromatic heterocycles. The lowest BCUT2D eigenvalue weighted by Crippen LogP contribution is -2.51. The molecule has 8 heteroatoms. The van der Waals surface area contributed by atoms with Crippen LogP contribution in [0.15, 0.2) is 30.3 Å². The lowest BCUT2D eigenvalue weighted by molar-refractivity contribution is -0.134. The zero-order chi connectivity index (χ0) is 24.9. The molecule has 0 saturated carbocycles. The summed E-state index contributed by atoms with van der Waals surface area (Å²) < 4.78 is 10.8. The number of methoxy groups -OCH3 is 2. The van der Waals surface area contributed by atoms with Crippen LogP contribution in [0.25, 0.3) is 0 Å². The van der Waals surface area contributed by atoms with Gasteiger partial charge in [-0.05, 0) is 54.7 Å². The van der Waals surface area contributed by atoms with Crippen LogP contribution in [0.5, 0.6) is 11.5 Å². The van der Waals surface area contributed by atoms with Crippen LogP contribution in [-0.4, -0.2) is 86.5 Å². The number of carbonyl (C=O) groups excluding carboxylic acids is 2. The van der Waals surface area contributed by atoms with Gasteiger partial charge >= 0.3 is 0 Å². The van der Waals surface area contributed by atoms with E-state index in [4.69, 9.17) is 9.47 Å². The molecule has 0 spiro atoms. The predicted molar refractivity (Wildman–Crippen MR) is 136 cm³/mol. The predicted octanol–water partition coefficient (Wildman–Crippen LogP) is 2.46. The summed E-state index contributed by atoms with van der Waals surface area (Å²) in [6, 6.07) is 10.0. The number of para-hydroxylation sites is 1. The first-order chi connectivity index (χ1) is 16.9. The van der Waals surface area contributed by atoms with Crippen molar-refractivity contribution in [3.63, 3.8) is 0 Å². The SMILES string of the molecule is COc1cc2c(cc1OC)CN(C(=O)CN1CCN(CC(=O)Nc3c(C)cccc3C)CC1)CC2. The third kappa shape index (κ3) is 5.94. The molecule has 0 unspecified atom stereocenters. The van der Waals surface area contributed by atoms with Crippen LogP contribution in [0.3, 0.4) is 0 Å². The third-order valence-corrected chi connectivity index (χ3v) is 7.01. The molecule has 2 amide bonds. The maximum atomic E-state index is 13.0. The smallest absolute Gasteiger partial charge is 0.238 e. The van der Waals surface area contributed by atoms with E-state index in [9.17, 15) is 9.59 Å². The summed E-state index contributed by atoms with van der Waals surface area (Å²) in [4.78, 5) is 31.9. The van der Waals surface area contributed by atoms with Gasteiger partial charge in [-0.1, -0.05) is 18.2 Å². The first-order valence-electron chi connectivity index (χ1n) is 12.2. The summed E-state index contributed by atoms with van der Waals surface area (Å²) in [6.45, 7) is 9.18. The van der Waals surface area contributed by atoms with Gasteiger partial charge < -0.3 is 19.7 Å². The maximum absolute atomic E-state index is 13.0. The number of aryl methyl sites for hydroxylation is 2. The minimum atomic E-state index is 0.00553. The minimum absolute atomic E-state index is 0.00553. The van der Waals surface area contributed by atoms with Gasteiger partial charge in [0.1, 0.15) is 0 Å². The molecular formula is C27H36N4O4. The van der Waals surface area contributed by atoms with Crippen LogP contribution in [0.2, 0.25) is 0 Å². The number of nitrogens with zero attached hydrogens (tertiary/aromatic N) is 3. The van der Waals surface area contributed by atoms with Crippen molar-refractivity contribution in [2.45, 2.75) is 26.8 Å². The van der Waals surface area contributed by atoms with Crippen molar-refractivity contribution in [2.24, 2.45) is 0 Å². The van der Waals surface area contributed by atoms with E-state index in [0.717, 1.165) is 60.7 Å². The Morgan fingerprint density at radius 3 is 2.03 bits per heavy atom. The monoisotopic (exact) mass is 480 g/mol. The van der Waals surface area contributed by atoms with Crippen LogP contribution in [0.1, 0.15) is 22.3 Å². The molecule has 0 bridgehead atoms. The van der Waals surface area contributed by atoms with Crippen molar-refractivity contribution in [1.82, 2.24) is 14.7 Å². The second kappa shape index (κ2) is 11.1. The van der Waals surface area contributed by atoms with E-state index in [1.165, 1.54) is 5.56 Å². The summed E-state index contributed by atoms with van der Waals surface area (Å²) in [6.07, 6.45) is 0.810. The number of nitrogens with one attached hydrogen (secondary N) is 1. The quantitative estimate of drug-likeness (QED) is 0.656. The molecule has 2 aliphatic heterocycles. The third-order valence-electron chi connectivity index (χ3n) is 7.01. The molecule has 0 radical (unpaired) electrons. The van der Waals surface area contributed by atoms with Gasteiger partial charge in [0.2, 0.25) is 11.8 Å². The van der Waals surface area contributed by atoms with Gasteiger partial charge in [-0.25, -0.2) is 0 Å². The van der Waals surface area contributed by atoms with E-state index >= 15 is 0 Å². The molecule has 0 aliphatic carbocycles. The van der Waals surface area contributed by atoms with Crippen molar-refractivity contribution < 1.29 is 19.1 Å². The first-order valence-corrected chi connectivity index (χ1v) is 12.2. The number of carbonyl (C=O) groups is 2. The van der Waals surface area contributed by atoms with Gasteiger partial charge in [0.15, 0.2) is 11.5 Å². The number of rotatable bonds is 7. The molecule has 4 rings (SSSR count). The van der Waals surface area contributed by atoms with Gasteiger partial charge in [0.05, 0.1) is 27.3 Å². The number of benzene rings is 2. The van der Waals surface area contributed by atoms with E-state index in [0.29, 0.717) is 31.9 Å². The second-order valence-electron chi connectivity index (χ2n) is 9.41. The van der Waals surface area contributed by atoms with Gasteiger partial charge in [-0.3, -0.25) is 19.4 Å². The van der Waals surface area contributed by atoms with Crippen LogP contribution >= 0.6 is 0 Å².